The highest BCUT2D eigenvalue weighted by Crippen LogP contribution is 2.24. The number of fused-ring (bicyclic) bond motifs is 1. The first-order chi connectivity index (χ1) is 14.0. The third-order valence-electron chi connectivity index (χ3n) is 4.43. The van der Waals surface area contributed by atoms with Crippen molar-refractivity contribution in [2.24, 2.45) is 0 Å². The number of carbonyl (C=O) groups excluding carboxylic acids is 1. The maximum atomic E-state index is 14.4. The van der Waals surface area contributed by atoms with E-state index in [1.165, 1.54) is 33.2 Å². The zero-order valence-electron chi connectivity index (χ0n) is 15.1. The molecule has 4 aromatic rings. The highest BCUT2D eigenvalue weighted by molar-refractivity contribution is 7.09. The maximum Gasteiger partial charge on any atom is 0.261 e. The molecule has 8 heteroatoms. The lowest BCUT2D eigenvalue weighted by atomic mass is 10.2. The summed E-state index contributed by atoms with van der Waals surface area (Å²) in [6, 6.07) is 13.5. The van der Waals surface area contributed by atoms with Crippen LogP contribution in [-0.4, -0.2) is 15.5 Å². The number of anilines is 1. The van der Waals surface area contributed by atoms with Gasteiger partial charge in [0.2, 0.25) is 5.91 Å². The molecular formula is C21H15F2N3O2S. The van der Waals surface area contributed by atoms with Gasteiger partial charge in [-0.3, -0.25) is 14.2 Å². The van der Waals surface area contributed by atoms with Gasteiger partial charge in [0.15, 0.2) is 0 Å². The minimum absolute atomic E-state index is 0.0494. The van der Waals surface area contributed by atoms with E-state index in [4.69, 9.17) is 0 Å². The van der Waals surface area contributed by atoms with Crippen molar-refractivity contribution >= 4 is 33.8 Å². The minimum Gasteiger partial charge on any atom is -0.303 e. The van der Waals surface area contributed by atoms with E-state index in [2.05, 4.69) is 4.98 Å². The van der Waals surface area contributed by atoms with E-state index in [-0.39, 0.29) is 24.3 Å². The van der Waals surface area contributed by atoms with Crippen LogP contribution < -0.4 is 10.5 Å². The Morgan fingerprint density at radius 2 is 1.93 bits per heavy atom. The Hall–Kier alpha value is -3.39. The molecule has 0 fully saturated rings. The Morgan fingerprint density at radius 1 is 1.10 bits per heavy atom. The largest absolute Gasteiger partial charge is 0.303 e. The molecule has 29 heavy (non-hydrogen) atoms. The summed E-state index contributed by atoms with van der Waals surface area (Å²) in [4.78, 5) is 32.0. The quantitative estimate of drug-likeness (QED) is 0.499. The summed E-state index contributed by atoms with van der Waals surface area (Å²) in [5.41, 5.74) is 0.118. The van der Waals surface area contributed by atoms with Gasteiger partial charge in [-0.15, -0.1) is 11.3 Å². The molecule has 0 unspecified atom stereocenters. The van der Waals surface area contributed by atoms with Crippen molar-refractivity contribution in [1.82, 2.24) is 9.55 Å². The van der Waals surface area contributed by atoms with Crippen LogP contribution in [0.5, 0.6) is 0 Å². The number of rotatable bonds is 5. The van der Waals surface area contributed by atoms with Crippen molar-refractivity contribution in [3.8, 4) is 0 Å². The normalized spacial score (nSPS) is 11.0. The van der Waals surface area contributed by atoms with Crippen molar-refractivity contribution < 1.29 is 13.6 Å². The van der Waals surface area contributed by atoms with E-state index in [0.717, 1.165) is 17.0 Å². The van der Waals surface area contributed by atoms with Gasteiger partial charge in [-0.1, -0.05) is 18.2 Å². The fourth-order valence-electron chi connectivity index (χ4n) is 3.02. The minimum atomic E-state index is -0.848. The van der Waals surface area contributed by atoms with E-state index in [1.54, 1.807) is 24.3 Å². The Labute approximate surface area is 168 Å². The summed E-state index contributed by atoms with van der Waals surface area (Å²) in [5.74, 6) is -2.09. The third-order valence-corrected chi connectivity index (χ3v) is 5.29. The van der Waals surface area contributed by atoms with E-state index in [0.29, 0.717) is 10.9 Å². The highest BCUT2D eigenvalue weighted by Gasteiger charge is 2.21. The smallest absolute Gasteiger partial charge is 0.261 e. The van der Waals surface area contributed by atoms with Crippen LogP contribution in [0.2, 0.25) is 0 Å². The molecule has 0 saturated heterocycles. The number of para-hydroxylation sites is 1. The van der Waals surface area contributed by atoms with Gasteiger partial charge >= 0.3 is 0 Å². The summed E-state index contributed by atoms with van der Waals surface area (Å²) in [7, 11) is 0. The van der Waals surface area contributed by atoms with Crippen molar-refractivity contribution in [2.45, 2.75) is 13.1 Å². The van der Waals surface area contributed by atoms with Crippen molar-refractivity contribution in [3.63, 3.8) is 0 Å². The number of halogens is 2. The molecule has 0 aliphatic heterocycles. The van der Waals surface area contributed by atoms with Crippen molar-refractivity contribution in [1.29, 1.82) is 0 Å². The molecule has 0 aliphatic rings. The van der Waals surface area contributed by atoms with Gasteiger partial charge in [-0.05, 0) is 35.7 Å². The molecule has 0 spiro atoms. The van der Waals surface area contributed by atoms with Crippen LogP contribution in [0.15, 0.2) is 71.1 Å². The number of benzene rings is 2. The van der Waals surface area contributed by atoms with Crippen LogP contribution in [0.1, 0.15) is 4.88 Å². The van der Waals surface area contributed by atoms with Gasteiger partial charge in [0, 0.05) is 10.9 Å². The van der Waals surface area contributed by atoms with E-state index in [1.807, 2.05) is 17.5 Å². The number of aromatic nitrogens is 2. The Bertz CT molecular complexity index is 1240. The van der Waals surface area contributed by atoms with Gasteiger partial charge in [-0.2, -0.15) is 0 Å². The van der Waals surface area contributed by atoms with Crippen LogP contribution in [0.3, 0.4) is 0 Å². The van der Waals surface area contributed by atoms with Gasteiger partial charge in [0.1, 0.15) is 18.2 Å². The summed E-state index contributed by atoms with van der Waals surface area (Å²) < 4.78 is 28.9. The zero-order valence-corrected chi connectivity index (χ0v) is 15.9. The zero-order chi connectivity index (χ0) is 20.4. The standard InChI is InChI=1S/C21H15F2N3O2S/c22-14-7-8-19(17(23)10-14)26(11-15-4-3-9-29-15)20(27)12-25-13-24-18-6-2-1-5-16(18)21(25)28/h1-10,13H,11-12H2. The summed E-state index contributed by atoms with van der Waals surface area (Å²) in [6.45, 7) is -0.215. The fourth-order valence-corrected chi connectivity index (χ4v) is 3.71. The van der Waals surface area contributed by atoms with Crippen LogP contribution >= 0.6 is 11.3 Å². The van der Waals surface area contributed by atoms with Crippen LogP contribution in [0.4, 0.5) is 14.5 Å². The Morgan fingerprint density at radius 3 is 2.69 bits per heavy atom. The fraction of sp³-hybridized carbons (Fsp3) is 0.0952. The summed E-state index contributed by atoms with van der Waals surface area (Å²) >= 11 is 1.41. The van der Waals surface area contributed by atoms with Gasteiger partial charge in [0.05, 0.1) is 29.5 Å². The first kappa shape index (κ1) is 18.9. The Balaban J connectivity index is 1.70. The molecule has 0 atom stereocenters. The van der Waals surface area contributed by atoms with Crippen LogP contribution in [-0.2, 0) is 17.9 Å². The number of hydrogen-bond acceptors (Lipinski definition) is 4. The van der Waals surface area contributed by atoms with Crippen LogP contribution in [0.25, 0.3) is 10.9 Å². The van der Waals surface area contributed by atoms with Gasteiger partial charge < -0.3 is 4.90 Å². The second-order valence-corrected chi connectivity index (χ2v) is 7.38. The number of carbonyl (C=O) groups is 1. The van der Waals surface area contributed by atoms with E-state index < -0.39 is 17.5 Å². The summed E-state index contributed by atoms with van der Waals surface area (Å²) in [6.07, 6.45) is 1.30. The number of nitrogens with zero attached hydrogens (tertiary/aromatic N) is 3. The van der Waals surface area contributed by atoms with E-state index >= 15 is 0 Å². The third kappa shape index (κ3) is 3.93. The second kappa shape index (κ2) is 7.92. The van der Waals surface area contributed by atoms with Crippen molar-refractivity contribution in [2.75, 3.05) is 4.90 Å². The topological polar surface area (TPSA) is 55.2 Å². The highest BCUT2D eigenvalue weighted by atomic mass is 32.1. The average Bonchev–Trinajstić information content (AvgIpc) is 3.22. The predicted octanol–water partition coefficient (Wildman–Crippen LogP) is 3.97. The maximum absolute atomic E-state index is 14.4. The molecule has 0 bridgehead atoms. The molecule has 2 heterocycles. The Kier molecular flexibility index (Phi) is 5.18. The molecule has 0 saturated carbocycles. The van der Waals surface area contributed by atoms with Gasteiger partial charge in [-0.25, -0.2) is 13.8 Å². The number of amides is 1. The van der Waals surface area contributed by atoms with Crippen molar-refractivity contribution in [3.05, 3.63) is 93.2 Å². The first-order valence-corrected chi connectivity index (χ1v) is 9.63. The predicted molar refractivity (Wildman–Crippen MR) is 108 cm³/mol. The molecule has 2 aromatic heterocycles. The molecule has 5 nitrogen and oxygen atoms in total. The average molecular weight is 411 g/mol. The number of hydrogen-bond donors (Lipinski definition) is 0. The SMILES string of the molecule is O=C(Cn1cnc2ccccc2c1=O)N(Cc1cccs1)c1ccc(F)cc1F. The molecular weight excluding hydrogens is 396 g/mol. The first-order valence-electron chi connectivity index (χ1n) is 8.75. The lowest BCUT2D eigenvalue weighted by Gasteiger charge is -2.23. The van der Waals surface area contributed by atoms with Gasteiger partial charge in [0.25, 0.3) is 5.56 Å². The molecule has 4 rings (SSSR count). The second-order valence-electron chi connectivity index (χ2n) is 6.35. The molecule has 0 aliphatic carbocycles. The molecule has 2 aromatic carbocycles. The number of thiophene rings is 1. The monoisotopic (exact) mass is 411 g/mol. The van der Waals surface area contributed by atoms with Crippen LogP contribution in [0, 0.1) is 11.6 Å². The lowest BCUT2D eigenvalue weighted by molar-refractivity contribution is -0.119. The molecule has 0 N–H and O–H groups in total. The lowest BCUT2D eigenvalue weighted by Crippen LogP contribution is -2.36. The molecule has 0 radical (unpaired) electrons. The molecule has 1 amide bonds. The summed E-state index contributed by atoms with van der Waals surface area (Å²) in [5, 5.41) is 2.23. The van der Waals surface area contributed by atoms with E-state index in [9.17, 15) is 18.4 Å². The molecule has 146 valence electrons.